The van der Waals surface area contributed by atoms with Crippen LogP contribution in [0.1, 0.15) is 102 Å². The van der Waals surface area contributed by atoms with Gasteiger partial charge >= 0.3 is 11.9 Å². The third kappa shape index (κ3) is 17.6. The number of esters is 2. The van der Waals surface area contributed by atoms with Gasteiger partial charge in [0.15, 0.2) is 11.5 Å². The van der Waals surface area contributed by atoms with Crippen molar-refractivity contribution in [2.75, 3.05) is 20.3 Å². The number of rotatable bonds is 22. The molecule has 0 radical (unpaired) electrons. The third-order valence-corrected chi connectivity index (χ3v) is 6.11. The lowest BCUT2D eigenvalue weighted by molar-refractivity contribution is -0.150. The van der Waals surface area contributed by atoms with Gasteiger partial charge in [0.1, 0.15) is 19.3 Å². The number of allylic oxidation sites excluding steroid dienone is 2. The second-order valence-corrected chi connectivity index (χ2v) is 9.57. The number of aliphatic hydroxyl groups excluding tert-OH is 1. The average Bonchev–Trinajstić information content (AvgIpc) is 2.92. The van der Waals surface area contributed by atoms with E-state index in [0.717, 1.165) is 32.1 Å². The maximum absolute atomic E-state index is 11.9. The van der Waals surface area contributed by atoms with E-state index in [0.29, 0.717) is 17.7 Å². The molecule has 38 heavy (non-hydrogen) atoms. The van der Waals surface area contributed by atoms with E-state index in [4.69, 9.17) is 14.2 Å². The number of hydrogen-bond acceptors (Lipinski definition) is 7. The molecular formula is C31H48O7. The van der Waals surface area contributed by atoms with Gasteiger partial charge in [-0.25, -0.2) is 4.79 Å². The molecule has 0 bridgehead atoms. The van der Waals surface area contributed by atoms with E-state index in [1.54, 1.807) is 12.1 Å². The molecule has 0 spiro atoms. The summed E-state index contributed by atoms with van der Waals surface area (Å²) in [6.07, 6.45) is 22.1. The van der Waals surface area contributed by atoms with Gasteiger partial charge in [-0.05, 0) is 55.9 Å². The molecule has 1 atom stereocenters. The van der Waals surface area contributed by atoms with Crippen LogP contribution in [0.4, 0.5) is 0 Å². The number of hydrogen-bond donors (Lipinski definition) is 2. The molecule has 0 aromatic heterocycles. The standard InChI is InChI=1S/C31H48O7/c1-3-4-5-6-7-8-9-10-11-12-13-14-15-16-17-18-30(34)37-24-27(32)25-38-31(35)22-20-26-19-21-28(33)29(23-26)36-2/h10-11,19-23,27,32-33H,3-9,12-18,24-25H2,1-2H3/b11-10-,22-20?/t27-/m0/s1. The number of phenols is 1. The fourth-order valence-electron chi connectivity index (χ4n) is 3.84. The molecule has 0 unspecified atom stereocenters. The Kier molecular flexibility index (Phi) is 19.4. The lowest BCUT2D eigenvalue weighted by Crippen LogP contribution is -2.24. The highest BCUT2D eigenvalue weighted by Gasteiger charge is 2.11. The van der Waals surface area contributed by atoms with E-state index in [-0.39, 0.29) is 24.9 Å². The van der Waals surface area contributed by atoms with Gasteiger partial charge in [-0.2, -0.15) is 0 Å². The van der Waals surface area contributed by atoms with E-state index in [2.05, 4.69) is 19.1 Å². The molecular weight excluding hydrogens is 484 g/mol. The Morgan fingerprint density at radius 2 is 1.47 bits per heavy atom. The quantitative estimate of drug-likeness (QED) is 0.0725. The Hall–Kier alpha value is -2.80. The molecule has 1 rings (SSSR count). The lowest BCUT2D eigenvalue weighted by Gasteiger charge is -2.11. The zero-order chi connectivity index (χ0) is 27.8. The first-order valence-corrected chi connectivity index (χ1v) is 14.2. The number of benzene rings is 1. The molecule has 0 amide bonds. The Morgan fingerprint density at radius 1 is 0.868 bits per heavy atom. The molecule has 1 aromatic carbocycles. The summed E-state index contributed by atoms with van der Waals surface area (Å²) < 4.78 is 15.1. The number of carbonyl (C=O) groups excluding carboxylic acids is 2. The normalized spacial score (nSPS) is 12.2. The number of ether oxygens (including phenoxy) is 3. The highest BCUT2D eigenvalue weighted by Crippen LogP contribution is 2.26. The van der Waals surface area contributed by atoms with E-state index in [1.807, 2.05) is 0 Å². The summed E-state index contributed by atoms with van der Waals surface area (Å²) in [4.78, 5) is 23.7. The van der Waals surface area contributed by atoms with Crippen molar-refractivity contribution >= 4 is 18.0 Å². The largest absolute Gasteiger partial charge is 0.504 e. The van der Waals surface area contributed by atoms with Gasteiger partial charge in [0, 0.05) is 12.5 Å². The summed E-state index contributed by atoms with van der Waals surface area (Å²) in [5.41, 5.74) is 0.640. The van der Waals surface area contributed by atoms with Crippen LogP contribution in [0, 0.1) is 0 Å². The summed E-state index contributed by atoms with van der Waals surface area (Å²) in [5.74, 6) is -0.702. The van der Waals surface area contributed by atoms with Gasteiger partial charge in [0.2, 0.25) is 0 Å². The van der Waals surface area contributed by atoms with Gasteiger partial charge in [0.05, 0.1) is 7.11 Å². The maximum Gasteiger partial charge on any atom is 0.330 e. The van der Waals surface area contributed by atoms with Crippen molar-refractivity contribution in [3.63, 3.8) is 0 Å². The number of phenolic OH excluding ortho intramolecular Hbond substituents is 1. The molecule has 7 nitrogen and oxygen atoms in total. The second kappa shape index (κ2) is 22.2. The van der Waals surface area contributed by atoms with Crippen LogP contribution in [0.2, 0.25) is 0 Å². The van der Waals surface area contributed by atoms with Crippen LogP contribution in [0.3, 0.4) is 0 Å². The molecule has 0 aliphatic heterocycles. The van der Waals surface area contributed by atoms with Crippen molar-refractivity contribution in [1.29, 1.82) is 0 Å². The molecule has 0 heterocycles. The van der Waals surface area contributed by atoms with Crippen molar-refractivity contribution in [3.8, 4) is 11.5 Å². The SMILES string of the molecule is CCCCCCCC/C=C\CCCCCCCC(=O)OC[C@H](O)COC(=O)C=Cc1ccc(O)c(OC)c1. The average molecular weight is 533 g/mol. The topological polar surface area (TPSA) is 102 Å². The first-order valence-electron chi connectivity index (χ1n) is 14.2. The minimum Gasteiger partial charge on any atom is -0.504 e. The highest BCUT2D eigenvalue weighted by molar-refractivity contribution is 5.87. The van der Waals surface area contributed by atoms with E-state index in [1.165, 1.54) is 76.7 Å². The lowest BCUT2D eigenvalue weighted by atomic mass is 10.1. The zero-order valence-electron chi connectivity index (χ0n) is 23.4. The van der Waals surface area contributed by atoms with E-state index < -0.39 is 12.1 Å². The molecule has 1 aromatic rings. The van der Waals surface area contributed by atoms with Crippen LogP contribution in [-0.4, -0.2) is 48.6 Å². The smallest absolute Gasteiger partial charge is 0.330 e. The number of aliphatic hydroxyl groups is 1. The number of methoxy groups -OCH3 is 1. The van der Waals surface area contributed by atoms with E-state index in [9.17, 15) is 19.8 Å². The second-order valence-electron chi connectivity index (χ2n) is 9.57. The van der Waals surface area contributed by atoms with Crippen molar-refractivity contribution in [1.82, 2.24) is 0 Å². The summed E-state index contributed by atoms with van der Waals surface area (Å²) in [6.45, 7) is 1.76. The van der Waals surface area contributed by atoms with Crippen molar-refractivity contribution < 1.29 is 34.0 Å². The van der Waals surface area contributed by atoms with Gasteiger partial charge in [-0.15, -0.1) is 0 Å². The number of unbranched alkanes of at least 4 members (excludes halogenated alkanes) is 11. The molecule has 0 saturated carbocycles. The summed E-state index contributed by atoms with van der Waals surface area (Å²) in [6, 6.07) is 4.65. The minimum absolute atomic E-state index is 0.00198. The molecule has 7 heteroatoms. The van der Waals surface area contributed by atoms with Gasteiger partial charge in [0.25, 0.3) is 0 Å². The molecule has 0 fully saturated rings. The van der Waals surface area contributed by atoms with E-state index >= 15 is 0 Å². The van der Waals surface area contributed by atoms with Crippen LogP contribution in [-0.2, 0) is 19.1 Å². The molecule has 0 aliphatic rings. The monoisotopic (exact) mass is 532 g/mol. The summed E-state index contributed by atoms with van der Waals surface area (Å²) in [5, 5.41) is 19.5. The highest BCUT2D eigenvalue weighted by atomic mass is 16.6. The Labute approximate surface area is 228 Å². The van der Waals surface area contributed by atoms with Gasteiger partial charge in [-0.3, -0.25) is 4.79 Å². The Bertz CT molecular complexity index is 832. The van der Waals surface area contributed by atoms with Crippen LogP contribution in [0.15, 0.2) is 36.4 Å². The predicted molar refractivity (Wildman–Crippen MR) is 151 cm³/mol. The van der Waals surface area contributed by atoms with Gasteiger partial charge < -0.3 is 24.4 Å². The predicted octanol–water partition coefficient (Wildman–Crippen LogP) is 6.90. The Balaban J connectivity index is 2.00. The first-order chi connectivity index (χ1) is 18.5. The Morgan fingerprint density at radius 3 is 2.13 bits per heavy atom. The molecule has 0 saturated heterocycles. The van der Waals surface area contributed by atoms with Crippen molar-refractivity contribution in [3.05, 3.63) is 42.0 Å². The van der Waals surface area contributed by atoms with Crippen LogP contribution in [0.5, 0.6) is 11.5 Å². The fourth-order valence-corrected chi connectivity index (χ4v) is 3.84. The van der Waals surface area contributed by atoms with Crippen LogP contribution >= 0.6 is 0 Å². The number of carbonyl (C=O) groups is 2. The molecule has 2 N–H and O–H groups in total. The summed E-state index contributed by atoms with van der Waals surface area (Å²) >= 11 is 0. The van der Waals surface area contributed by atoms with Crippen molar-refractivity contribution in [2.24, 2.45) is 0 Å². The number of aromatic hydroxyl groups is 1. The summed E-state index contributed by atoms with van der Waals surface area (Å²) in [7, 11) is 1.43. The van der Waals surface area contributed by atoms with Crippen molar-refractivity contribution in [2.45, 2.75) is 103 Å². The van der Waals surface area contributed by atoms with Crippen LogP contribution < -0.4 is 4.74 Å². The fraction of sp³-hybridized carbons (Fsp3) is 0.613. The maximum atomic E-state index is 11.9. The van der Waals surface area contributed by atoms with Gasteiger partial charge in [-0.1, -0.05) is 76.5 Å². The third-order valence-electron chi connectivity index (χ3n) is 6.11. The van der Waals surface area contributed by atoms with Crippen LogP contribution in [0.25, 0.3) is 6.08 Å². The molecule has 0 aliphatic carbocycles. The minimum atomic E-state index is -1.08. The molecule has 214 valence electrons. The first kappa shape index (κ1) is 33.2. The zero-order valence-corrected chi connectivity index (χ0v) is 23.4.